The summed E-state index contributed by atoms with van der Waals surface area (Å²) in [6.45, 7) is 1.90. The molecule has 3 heterocycles. The summed E-state index contributed by atoms with van der Waals surface area (Å²) in [5.74, 6) is 2.50. The van der Waals surface area contributed by atoms with Crippen LogP contribution in [0.1, 0.15) is 11.4 Å². The van der Waals surface area contributed by atoms with Gasteiger partial charge in [0.25, 0.3) is 0 Å². The molecule has 1 aliphatic rings. The van der Waals surface area contributed by atoms with E-state index >= 15 is 0 Å². The average molecular weight is 410 g/mol. The fourth-order valence-corrected chi connectivity index (χ4v) is 3.72. The first kappa shape index (κ1) is 18.0. The summed E-state index contributed by atoms with van der Waals surface area (Å²) in [6, 6.07) is 11.6. The number of benzene rings is 2. The highest BCUT2D eigenvalue weighted by Gasteiger charge is 2.17. The Morgan fingerprint density at radius 1 is 1.14 bits per heavy atom. The van der Waals surface area contributed by atoms with Crippen LogP contribution in [-0.4, -0.2) is 45.5 Å². The van der Waals surface area contributed by atoms with E-state index in [4.69, 9.17) is 21.1 Å². The highest BCUT2D eigenvalue weighted by molar-refractivity contribution is 6.31. The molecule has 0 saturated carbocycles. The zero-order valence-corrected chi connectivity index (χ0v) is 16.7. The number of likely N-dealkylation sites (N-methyl/N-ethyl adjacent to an activating group) is 1. The van der Waals surface area contributed by atoms with Crippen molar-refractivity contribution < 1.29 is 9.47 Å². The molecule has 1 aliphatic heterocycles. The molecule has 8 heteroatoms. The number of aromatic amines is 2. The van der Waals surface area contributed by atoms with Crippen molar-refractivity contribution in [2.75, 3.05) is 20.4 Å². The summed E-state index contributed by atoms with van der Waals surface area (Å²) in [5, 5.41) is 8.07. The van der Waals surface area contributed by atoms with E-state index in [0.29, 0.717) is 5.02 Å². The third-order valence-electron chi connectivity index (χ3n) is 5.04. The molecule has 0 fully saturated rings. The molecule has 148 valence electrons. The molecule has 0 radical (unpaired) electrons. The predicted octanol–water partition coefficient (Wildman–Crippen LogP) is 4.01. The smallest absolute Gasteiger partial charge is 0.231 e. The number of H-pyrrole nitrogens is 2. The molecule has 4 aromatic rings. The molecule has 7 nitrogen and oxygen atoms in total. The van der Waals surface area contributed by atoms with Crippen molar-refractivity contribution in [2.45, 2.75) is 13.0 Å². The topological polar surface area (TPSA) is 79.1 Å². The number of halogens is 1. The van der Waals surface area contributed by atoms with Gasteiger partial charge in [-0.3, -0.25) is 5.10 Å². The molecule has 2 N–H and O–H groups in total. The van der Waals surface area contributed by atoms with Gasteiger partial charge in [-0.25, -0.2) is 4.98 Å². The second-order valence-corrected chi connectivity index (χ2v) is 7.61. The molecule has 2 aromatic carbocycles. The Labute approximate surface area is 172 Å². The van der Waals surface area contributed by atoms with Crippen LogP contribution < -0.4 is 9.47 Å². The number of nitrogens with one attached hydrogen (secondary N) is 2. The summed E-state index contributed by atoms with van der Waals surface area (Å²) >= 11 is 6.05. The van der Waals surface area contributed by atoms with Crippen LogP contribution in [0.15, 0.2) is 42.6 Å². The Balaban J connectivity index is 1.26. The lowest BCUT2D eigenvalue weighted by Gasteiger charge is -2.16. The summed E-state index contributed by atoms with van der Waals surface area (Å²) in [7, 11) is 2.09. The number of hydrogen-bond acceptors (Lipinski definition) is 5. The number of aromatic nitrogens is 4. The standard InChI is InChI=1S/C21H20ClN5O2/c1-27(7-6-20-24-16-4-3-15(22)9-17(16)25-20)11-14-10-23-26-21(14)13-2-5-18-19(8-13)29-12-28-18/h2-5,8-10H,6-7,11-12H2,1H3,(H,23,26)(H,24,25). The van der Waals surface area contributed by atoms with Gasteiger partial charge in [-0.15, -0.1) is 0 Å². The molecule has 2 aromatic heterocycles. The van der Waals surface area contributed by atoms with Crippen molar-refractivity contribution in [1.29, 1.82) is 0 Å². The monoisotopic (exact) mass is 409 g/mol. The van der Waals surface area contributed by atoms with E-state index in [2.05, 4.69) is 32.1 Å². The first-order valence-corrected chi connectivity index (χ1v) is 9.78. The van der Waals surface area contributed by atoms with Gasteiger partial charge >= 0.3 is 0 Å². The Hall–Kier alpha value is -3.03. The summed E-state index contributed by atoms with van der Waals surface area (Å²) < 4.78 is 10.9. The Morgan fingerprint density at radius 2 is 2.03 bits per heavy atom. The number of fused-ring (bicyclic) bond motifs is 2. The van der Waals surface area contributed by atoms with E-state index in [-0.39, 0.29) is 6.79 Å². The van der Waals surface area contributed by atoms with E-state index in [1.807, 2.05) is 42.6 Å². The normalized spacial score (nSPS) is 12.9. The van der Waals surface area contributed by atoms with Crippen LogP contribution in [0.25, 0.3) is 22.3 Å². The highest BCUT2D eigenvalue weighted by Crippen LogP contribution is 2.36. The molecule has 0 amide bonds. The zero-order chi connectivity index (χ0) is 19.8. The third-order valence-corrected chi connectivity index (χ3v) is 5.28. The highest BCUT2D eigenvalue weighted by atomic mass is 35.5. The Kier molecular flexibility index (Phi) is 4.61. The molecular weight excluding hydrogens is 390 g/mol. The van der Waals surface area contributed by atoms with Crippen molar-refractivity contribution in [1.82, 2.24) is 25.1 Å². The minimum atomic E-state index is 0.269. The molecule has 0 spiro atoms. The molecule has 0 unspecified atom stereocenters. The molecule has 5 rings (SSSR count). The van der Waals surface area contributed by atoms with Crippen molar-refractivity contribution in [2.24, 2.45) is 0 Å². The molecule has 0 saturated heterocycles. The van der Waals surface area contributed by atoms with Crippen molar-refractivity contribution in [3.63, 3.8) is 0 Å². The van der Waals surface area contributed by atoms with E-state index in [1.54, 1.807) is 0 Å². The zero-order valence-electron chi connectivity index (χ0n) is 15.9. The van der Waals surface area contributed by atoms with Gasteiger partial charge in [-0.05, 0) is 43.4 Å². The van der Waals surface area contributed by atoms with Gasteiger partial charge < -0.3 is 19.4 Å². The molecule has 0 atom stereocenters. The minimum absolute atomic E-state index is 0.269. The third kappa shape index (κ3) is 3.66. The van der Waals surface area contributed by atoms with E-state index in [0.717, 1.165) is 64.7 Å². The van der Waals surface area contributed by atoms with E-state index in [9.17, 15) is 0 Å². The number of hydrogen-bond donors (Lipinski definition) is 2. The van der Waals surface area contributed by atoms with Gasteiger partial charge in [0.05, 0.1) is 22.9 Å². The van der Waals surface area contributed by atoms with Crippen LogP contribution in [0.5, 0.6) is 11.5 Å². The second-order valence-electron chi connectivity index (χ2n) is 7.17. The lowest BCUT2D eigenvalue weighted by atomic mass is 10.1. The lowest BCUT2D eigenvalue weighted by molar-refractivity contribution is 0.174. The quantitative estimate of drug-likeness (QED) is 0.503. The number of rotatable bonds is 6. The molecule has 29 heavy (non-hydrogen) atoms. The van der Waals surface area contributed by atoms with Gasteiger partial charge in [0.1, 0.15) is 5.82 Å². The van der Waals surface area contributed by atoms with E-state index < -0.39 is 0 Å². The Morgan fingerprint density at radius 3 is 2.97 bits per heavy atom. The van der Waals surface area contributed by atoms with Crippen LogP contribution in [0.4, 0.5) is 0 Å². The van der Waals surface area contributed by atoms with Crippen molar-refractivity contribution in [3.8, 4) is 22.8 Å². The van der Waals surface area contributed by atoms with Crippen LogP contribution in [-0.2, 0) is 13.0 Å². The maximum atomic E-state index is 6.05. The van der Waals surface area contributed by atoms with Gasteiger partial charge in [0.15, 0.2) is 11.5 Å². The second kappa shape index (κ2) is 7.42. The number of nitrogens with zero attached hydrogens (tertiary/aromatic N) is 3. The molecular formula is C21H20ClN5O2. The first-order valence-electron chi connectivity index (χ1n) is 9.41. The molecule has 0 bridgehead atoms. The van der Waals surface area contributed by atoms with Gasteiger partial charge in [-0.2, -0.15) is 5.10 Å². The van der Waals surface area contributed by atoms with Gasteiger partial charge in [0.2, 0.25) is 6.79 Å². The number of ether oxygens (including phenoxy) is 2. The Bertz CT molecular complexity index is 1170. The van der Waals surface area contributed by atoms with Crippen LogP contribution >= 0.6 is 11.6 Å². The number of imidazole rings is 1. The van der Waals surface area contributed by atoms with Gasteiger partial charge in [0, 0.05) is 35.7 Å². The van der Waals surface area contributed by atoms with Crippen molar-refractivity contribution >= 4 is 22.6 Å². The minimum Gasteiger partial charge on any atom is -0.454 e. The van der Waals surface area contributed by atoms with Crippen molar-refractivity contribution in [3.05, 3.63) is 59.0 Å². The van der Waals surface area contributed by atoms with Gasteiger partial charge in [-0.1, -0.05) is 11.6 Å². The first-order chi connectivity index (χ1) is 14.2. The maximum Gasteiger partial charge on any atom is 0.231 e. The summed E-state index contributed by atoms with van der Waals surface area (Å²) in [4.78, 5) is 10.2. The summed E-state index contributed by atoms with van der Waals surface area (Å²) in [5.41, 5.74) is 5.06. The van der Waals surface area contributed by atoms with E-state index in [1.165, 1.54) is 0 Å². The van der Waals surface area contributed by atoms with Crippen LogP contribution in [0.3, 0.4) is 0 Å². The molecule has 0 aliphatic carbocycles. The fraction of sp³-hybridized carbons (Fsp3) is 0.238. The van der Waals surface area contributed by atoms with Crippen LogP contribution in [0, 0.1) is 0 Å². The summed E-state index contributed by atoms with van der Waals surface area (Å²) in [6.07, 6.45) is 2.69. The largest absolute Gasteiger partial charge is 0.454 e. The van der Waals surface area contributed by atoms with Crippen LogP contribution in [0.2, 0.25) is 5.02 Å². The fourth-order valence-electron chi connectivity index (χ4n) is 3.55. The SMILES string of the molecule is CN(CCc1nc2ccc(Cl)cc2[nH]1)Cc1cn[nH]c1-c1ccc2c(c1)OCO2. The average Bonchev–Trinajstić information content (AvgIpc) is 3.44. The lowest BCUT2D eigenvalue weighted by Crippen LogP contribution is -2.21. The predicted molar refractivity (Wildman–Crippen MR) is 111 cm³/mol. The maximum absolute atomic E-state index is 6.05.